The summed E-state index contributed by atoms with van der Waals surface area (Å²) in [6, 6.07) is 21.9. The van der Waals surface area contributed by atoms with E-state index in [0.717, 1.165) is 32.2 Å². The Bertz CT molecular complexity index is 1220. The summed E-state index contributed by atoms with van der Waals surface area (Å²) in [7, 11) is 0. The lowest BCUT2D eigenvalue weighted by atomic mass is 10.2. The van der Waals surface area contributed by atoms with Crippen molar-refractivity contribution < 1.29 is 4.42 Å². The Kier molecular flexibility index (Phi) is 4.60. The number of aromatic nitrogens is 4. The van der Waals surface area contributed by atoms with Crippen LogP contribution in [0.5, 0.6) is 0 Å². The molecule has 5 aromatic rings. The molecule has 0 N–H and O–H groups in total. The Morgan fingerprint density at radius 1 is 0.857 bits per heavy atom. The SMILES string of the molecule is c1ccc(-c2nnc(CSc3nc(-c4cccs4)nc4ccccc34)o2)cc1. The highest BCUT2D eigenvalue weighted by Gasteiger charge is 2.13. The molecule has 0 amide bonds. The average molecular weight is 403 g/mol. The van der Waals surface area contributed by atoms with E-state index in [1.807, 2.05) is 72.1 Å². The van der Waals surface area contributed by atoms with E-state index in [0.29, 0.717) is 17.5 Å². The Morgan fingerprint density at radius 3 is 2.57 bits per heavy atom. The standard InChI is InChI=1S/C21H14N4OS2/c1-2-7-14(8-3-1)20-25-24-18(26-20)13-28-21-15-9-4-5-10-16(15)22-19(23-21)17-11-6-12-27-17/h1-12H,13H2. The normalized spacial score (nSPS) is 11.1. The van der Waals surface area contributed by atoms with Crippen LogP contribution in [0.1, 0.15) is 5.89 Å². The molecule has 0 atom stereocenters. The molecule has 0 unspecified atom stereocenters. The zero-order chi connectivity index (χ0) is 18.8. The summed E-state index contributed by atoms with van der Waals surface area (Å²) >= 11 is 3.21. The monoisotopic (exact) mass is 402 g/mol. The van der Waals surface area contributed by atoms with Crippen LogP contribution in [-0.4, -0.2) is 20.2 Å². The number of fused-ring (bicyclic) bond motifs is 1. The first-order valence-corrected chi connectivity index (χ1v) is 10.5. The smallest absolute Gasteiger partial charge is 0.247 e. The second-order valence-corrected chi connectivity index (χ2v) is 7.91. The van der Waals surface area contributed by atoms with Crippen molar-refractivity contribution in [2.45, 2.75) is 10.8 Å². The van der Waals surface area contributed by atoms with Crippen molar-refractivity contribution in [3.8, 4) is 22.2 Å². The van der Waals surface area contributed by atoms with Crippen molar-refractivity contribution in [3.63, 3.8) is 0 Å². The number of hydrogen-bond donors (Lipinski definition) is 0. The lowest BCUT2D eigenvalue weighted by Crippen LogP contribution is -1.93. The quantitative estimate of drug-likeness (QED) is 0.277. The highest BCUT2D eigenvalue weighted by molar-refractivity contribution is 7.98. The molecule has 7 heteroatoms. The summed E-state index contributed by atoms with van der Waals surface area (Å²) in [5, 5.41) is 12.3. The number of hydrogen-bond acceptors (Lipinski definition) is 7. The Morgan fingerprint density at radius 2 is 1.71 bits per heavy atom. The molecule has 2 aromatic carbocycles. The lowest BCUT2D eigenvalue weighted by molar-refractivity contribution is 0.528. The molecule has 3 heterocycles. The van der Waals surface area contributed by atoms with E-state index in [4.69, 9.17) is 14.4 Å². The van der Waals surface area contributed by atoms with Gasteiger partial charge in [0.1, 0.15) is 5.03 Å². The van der Waals surface area contributed by atoms with Gasteiger partial charge in [-0.25, -0.2) is 9.97 Å². The van der Waals surface area contributed by atoms with Crippen molar-refractivity contribution in [3.05, 3.63) is 78.0 Å². The molecule has 0 bridgehead atoms. The van der Waals surface area contributed by atoms with Crippen molar-refractivity contribution in [1.82, 2.24) is 20.2 Å². The number of para-hydroxylation sites is 1. The topological polar surface area (TPSA) is 64.7 Å². The van der Waals surface area contributed by atoms with Crippen LogP contribution in [-0.2, 0) is 5.75 Å². The van der Waals surface area contributed by atoms with Crippen molar-refractivity contribution in [2.24, 2.45) is 0 Å². The van der Waals surface area contributed by atoms with E-state index in [2.05, 4.69) is 10.2 Å². The summed E-state index contributed by atoms with van der Waals surface area (Å²) in [6.07, 6.45) is 0. The molecule has 0 saturated carbocycles. The molecule has 0 aliphatic heterocycles. The molecule has 0 spiro atoms. The van der Waals surface area contributed by atoms with E-state index >= 15 is 0 Å². The van der Waals surface area contributed by atoms with Gasteiger partial charge in [-0.3, -0.25) is 0 Å². The zero-order valence-electron chi connectivity index (χ0n) is 14.6. The Balaban J connectivity index is 1.44. The summed E-state index contributed by atoms with van der Waals surface area (Å²) in [6.45, 7) is 0. The average Bonchev–Trinajstić information content (AvgIpc) is 3.45. The van der Waals surface area contributed by atoms with Crippen LogP contribution >= 0.6 is 23.1 Å². The molecule has 0 aliphatic rings. The van der Waals surface area contributed by atoms with Crippen LogP contribution in [0.2, 0.25) is 0 Å². The highest BCUT2D eigenvalue weighted by atomic mass is 32.2. The van der Waals surface area contributed by atoms with Gasteiger partial charge in [0.25, 0.3) is 0 Å². The van der Waals surface area contributed by atoms with Gasteiger partial charge in [0.2, 0.25) is 11.8 Å². The third kappa shape index (κ3) is 3.42. The number of rotatable bonds is 5. The molecule has 0 saturated heterocycles. The molecule has 0 fully saturated rings. The second-order valence-electron chi connectivity index (χ2n) is 6.00. The van der Waals surface area contributed by atoms with Crippen molar-refractivity contribution >= 4 is 34.0 Å². The molecule has 5 nitrogen and oxygen atoms in total. The predicted octanol–water partition coefficient (Wildman–Crippen LogP) is 5.70. The van der Waals surface area contributed by atoms with Crippen LogP contribution in [0.15, 0.2) is 81.6 Å². The summed E-state index contributed by atoms with van der Waals surface area (Å²) in [4.78, 5) is 10.6. The minimum absolute atomic E-state index is 0.531. The van der Waals surface area contributed by atoms with Crippen molar-refractivity contribution in [1.29, 1.82) is 0 Å². The fourth-order valence-corrected chi connectivity index (χ4v) is 4.33. The minimum Gasteiger partial charge on any atom is -0.420 e. The van der Waals surface area contributed by atoms with Gasteiger partial charge in [-0.15, -0.1) is 21.5 Å². The largest absolute Gasteiger partial charge is 0.420 e. The summed E-state index contributed by atoms with van der Waals surface area (Å²) < 4.78 is 5.82. The van der Waals surface area contributed by atoms with E-state index < -0.39 is 0 Å². The third-order valence-corrected chi connectivity index (χ3v) is 5.97. The highest BCUT2D eigenvalue weighted by Crippen LogP contribution is 2.32. The molecule has 5 rings (SSSR count). The van der Waals surface area contributed by atoms with E-state index in [1.54, 1.807) is 23.1 Å². The van der Waals surface area contributed by atoms with Crippen LogP contribution in [0.25, 0.3) is 33.1 Å². The van der Waals surface area contributed by atoms with Gasteiger partial charge in [-0.1, -0.05) is 54.2 Å². The fourth-order valence-electron chi connectivity index (χ4n) is 2.81. The van der Waals surface area contributed by atoms with Gasteiger partial charge in [0.05, 0.1) is 16.1 Å². The van der Waals surface area contributed by atoms with Gasteiger partial charge in [-0.2, -0.15) is 0 Å². The zero-order valence-corrected chi connectivity index (χ0v) is 16.3. The van der Waals surface area contributed by atoms with E-state index in [1.165, 1.54) is 0 Å². The lowest BCUT2D eigenvalue weighted by Gasteiger charge is -2.06. The molecule has 0 radical (unpaired) electrons. The van der Waals surface area contributed by atoms with Crippen LogP contribution < -0.4 is 0 Å². The van der Waals surface area contributed by atoms with Gasteiger partial charge in [0, 0.05) is 10.9 Å². The maximum atomic E-state index is 5.82. The third-order valence-electron chi connectivity index (χ3n) is 4.13. The molecule has 28 heavy (non-hydrogen) atoms. The summed E-state index contributed by atoms with van der Waals surface area (Å²) in [5.41, 5.74) is 1.85. The van der Waals surface area contributed by atoms with Gasteiger partial charge in [0.15, 0.2) is 5.82 Å². The molecular formula is C21H14N4OS2. The van der Waals surface area contributed by atoms with E-state index in [-0.39, 0.29) is 0 Å². The Labute approximate surface area is 169 Å². The molecule has 136 valence electrons. The number of benzene rings is 2. The first kappa shape index (κ1) is 17.1. The number of thiophene rings is 1. The minimum atomic E-state index is 0.531. The van der Waals surface area contributed by atoms with Crippen LogP contribution in [0.4, 0.5) is 0 Å². The van der Waals surface area contributed by atoms with Gasteiger partial charge < -0.3 is 4.42 Å². The van der Waals surface area contributed by atoms with Crippen LogP contribution in [0, 0.1) is 0 Å². The van der Waals surface area contributed by atoms with Gasteiger partial charge in [-0.05, 0) is 29.6 Å². The first-order chi connectivity index (χ1) is 13.9. The molecular weight excluding hydrogens is 388 g/mol. The fraction of sp³-hybridized carbons (Fsp3) is 0.0476. The maximum Gasteiger partial charge on any atom is 0.247 e. The maximum absolute atomic E-state index is 5.82. The van der Waals surface area contributed by atoms with E-state index in [9.17, 15) is 0 Å². The van der Waals surface area contributed by atoms with Crippen LogP contribution in [0.3, 0.4) is 0 Å². The number of nitrogens with zero attached hydrogens (tertiary/aromatic N) is 4. The first-order valence-electron chi connectivity index (χ1n) is 8.68. The van der Waals surface area contributed by atoms with Crippen molar-refractivity contribution in [2.75, 3.05) is 0 Å². The molecule has 0 aliphatic carbocycles. The second kappa shape index (κ2) is 7.53. The number of thioether (sulfide) groups is 1. The Hall–Kier alpha value is -3.03. The van der Waals surface area contributed by atoms with Gasteiger partial charge >= 0.3 is 0 Å². The predicted molar refractivity (Wildman–Crippen MR) is 112 cm³/mol. The molecule has 3 aromatic heterocycles. The summed E-state index contributed by atoms with van der Waals surface area (Å²) in [5.74, 6) is 2.39.